The number of fused-ring (bicyclic) bond motifs is 4. The second kappa shape index (κ2) is 10.4. The molecular formula is C28H33N5O2S. The lowest BCUT2D eigenvalue weighted by Gasteiger charge is -2.27. The number of aryl methyl sites for hydroxylation is 2. The van der Waals surface area contributed by atoms with E-state index in [1.54, 1.807) is 6.08 Å². The summed E-state index contributed by atoms with van der Waals surface area (Å²) in [5.41, 5.74) is 9.96. The number of anilines is 1. The third-order valence-corrected chi connectivity index (χ3v) is 8.73. The molecule has 8 heteroatoms. The van der Waals surface area contributed by atoms with Crippen molar-refractivity contribution < 1.29 is 8.42 Å². The summed E-state index contributed by atoms with van der Waals surface area (Å²) >= 11 is 0. The number of unbranched alkanes of at least 4 members (excludes halogenated alkanes) is 2. The minimum Gasteiger partial charge on any atom is -0.382 e. The fourth-order valence-electron chi connectivity index (χ4n) is 5.11. The molecule has 5 rings (SSSR count). The van der Waals surface area contributed by atoms with E-state index < -0.39 is 15.3 Å². The summed E-state index contributed by atoms with van der Waals surface area (Å²) in [6.45, 7) is 3.32. The molecule has 0 saturated heterocycles. The van der Waals surface area contributed by atoms with E-state index in [1.807, 2.05) is 54.7 Å². The van der Waals surface area contributed by atoms with Crippen LogP contribution in [-0.4, -0.2) is 34.7 Å². The van der Waals surface area contributed by atoms with Gasteiger partial charge in [0.25, 0.3) is 0 Å². The van der Waals surface area contributed by atoms with Crippen molar-refractivity contribution in [2.45, 2.75) is 50.8 Å². The van der Waals surface area contributed by atoms with Crippen LogP contribution in [0.5, 0.6) is 0 Å². The SMILES string of the molecule is CCCCc1nc2c(N)nc3ccccc3c2n1CCCCNS(=O)(=O)C1C=CC=C2C=CC=CC21. The fraction of sp³-hybridized carbons (Fsp3) is 0.357. The van der Waals surface area contributed by atoms with Crippen molar-refractivity contribution in [3.63, 3.8) is 0 Å². The van der Waals surface area contributed by atoms with Gasteiger partial charge in [-0.2, -0.15) is 0 Å². The molecule has 2 aliphatic rings. The molecule has 188 valence electrons. The summed E-state index contributed by atoms with van der Waals surface area (Å²) in [6, 6.07) is 8.01. The van der Waals surface area contributed by atoms with Crippen molar-refractivity contribution in [1.82, 2.24) is 19.3 Å². The number of pyridine rings is 1. The van der Waals surface area contributed by atoms with Gasteiger partial charge in [-0.05, 0) is 30.9 Å². The molecule has 0 spiro atoms. The van der Waals surface area contributed by atoms with Crippen LogP contribution in [0.3, 0.4) is 0 Å². The van der Waals surface area contributed by atoms with Crippen LogP contribution in [0.15, 0.2) is 72.4 Å². The third-order valence-electron chi connectivity index (χ3n) is 6.96. The van der Waals surface area contributed by atoms with Gasteiger partial charge in [0.15, 0.2) is 5.82 Å². The smallest absolute Gasteiger partial charge is 0.219 e. The van der Waals surface area contributed by atoms with E-state index >= 15 is 0 Å². The average molecular weight is 504 g/mol. The van der Waals surface area contributed by atoms with E-state index in [-0.39, 0.29) is 5.92 Å². The van der Waals surface area contributed by atoms with Gasteiger partial charge in [-0.25, -0.2) is 23.1 Å². The molecule has 0 bridgehead atoms. The Morgan fingerprint density at radius 2 is 1.92 bits per heavy atom. The van der Waals surface area contributed by atoms with Gasteiger partial charge in [-0.15, -0.1) is 0 Å². The molecule has 0 radical (unpaired) electrons. The maximum Gasteiger partial charge on any atom is 0.219 e. The topological polar surface area (TPSA) is 103 Å². The van der Waals surface area contributed by atoms with Crippen LogP contribution in [0.1, 0.15) is 38.4 Å². The number of benzene rings is 1. The zero-order valence-electron chi connectivity index (χ0n) is 20.6. The number of nitrogens with two attached hydrogens (primary N) is 1. The number of rotatable bonds is 10. The predicted molar refractivity (Wildman–Crippen MR) is 147 cm³/mol. The molecule has 0 aliphatic heterocycles. The number of nitrogens with one attached hydrogen (secondary N) is 1. The molecule has 0 fully saturated rings. The molecule has 3 aromatic rings. The Balaban J connectivity index is 1.29. The van der Waals surface area contributed by atoms with Gasteiger partial charge < -0.3 is 10.3 Å². The van der Waals surface area contributed by atoms with E-state index in [2.05, 4.69) is 27.3 Å². The summed E-state index contributed by atoms with van der Waals surface area (Å²) in [5.74, 6) is 1.33. The number of hydrogen-bond acceptors (Lipinski definition) is 5. The Morgan fingerprint density at radius 1 is 1.06 bits per heavy atom. The van der Waals surface area contributed by atoms with Crippen LogP contribution in [0.4, 0.5) is 5.82 Å². The molecule has 3 N–H and O–H groups in total. The quantitative estimate of drug-likeness (QED) is 0.386. The second-order valence-corrected chi connectivity index (χ2v) is 11.4. The Kier molecular flexibility index (Phi) is 7.07. The molecule has 2 unspecified atom stereocenters. The van der Waals surface area contributed by atoms with Gasteiger partial charge in [0, 0.05) is 30.8 Å². The molecule has 36 heavy (non-hydrogen) atoms. The number of allylic oxidation sites excluding steroid dienone is 7. The van der Waals surface area contributed by atoms with Gasteiger partial charge in [0.1, 0.15) is 16.6 Å². The number of sulfonamides is 1. The number of nitrogen functional groups attached to an aromatic ring is 1. The van der Waals surface area contributed by atoms with Crippen LogP contribution < -0.4 is 10.5 Å². The van der Waals surface area contributed by atoms with Crippen LogP contribution in [0.2, 0.25) is 0 Å². The lowest BCUT2D eigenvalue weighted by atomic mass is 9.88. The molecule has 2 aliphatic carbocycles. The largest absolute Gasteiger partial charge is 0.382 e. The first kappa shape index (κ1) is 24.5. The maximum absolute atomic E-state index is 13.1. The van der Waals surface area contributed by atoms with Crippen LogP contribution in [0, 0.1) is 5.92 Å². The Labute approximate surface area is 212 Å². The summed E-state index contributed by atoms with van der Waals surface area (Å²) < 4.78 is 31.3. The van der Waals surface area contributed by atoms with Crippen LogP contribution >= 0.6 is 0 Å². The normalized spacial score (nSPS) is 19.2. The van der Waals surface area contributed by atoms with Gasteiger partial charge in [0.2, 0.25) is 10.0 Å². The molecular weight excluding hydrogens is 470 g/mol. The minimum absolute atomic E-state index is 0.136. The number of aromatic nitrogens is 3. The molecule has 2 atom stereocenters. The van der Waals surface area contributed by atoms with E-state index in [9.17, 15) is 8.42 Å². The van der Waals surface area contributed by atoms with Crippen molar-refractivity contribution in [2.75, 3.05) is 12.3 Å². The zero-order chi connectivity index (χ0) is 25.1. The Bertz CT molecular complexity index is 1500. The summed E-state index contributed by atoms with van der Waals surface area (Å²) in [7, 11) is -3.48. The van der Waals surface area contributed by atoms with Crippen LogP contribution in [0.25, 0.3) is 21.9 Å². The highest BCUT2D eigenvalue weighted by atomic mass is 32.2. The molecule has 0 amide bonds. The van der Waals surface area contributed by atoms with Crippen molar-refractivity contribution in [3.8, 4) is 0 Å². The number of para-hydroxylation sites is 1. The Morgan fingerprint density at radius 3 is 2.78 bits per heavy atom. The van der Waals surface area contributed by atoms with Gasteiger partial charge in [-0.1, -0.05) is 74.1 Å². The first-order valence-corrected chi connectivity index (χ1v) is 14.3. The van der Waals surface area contributed by atoms with E-state index in [0.29, 0.717) is 12.4 Å². The lowest BCUT2D eigenvalue weighted by Crippen LogP contribution is -2.39. The summed E-state index contributed by atoms with van der Waals surface area (Å²) in [5, 5.41) is 0.457. The number of nitrogens with zero attached hydrogens (tertiary/aromatic N) is 3. The van der Waals surface area contributed by atoms with E-state index in [0.717, 1.165) is 72.0 Å². The van der Waals surface area contributed by atoms with E-state index in [4.69, 9.17) is 10.7 Å². The van der Waals surface area contributed by atoms with Crippen LogP contribution in [-0.2, 0) is 23.0 Å². The molecule has 0 saturated carbocycles. The van der Waals surface area contributed by atoms with Gasteiger partial charge >= 0.3 is 0 Å². The second-order valence-electron chi connectivity index (χ2n) is 9.43. The van der Waals surface area contributed by atoms with Crippen molar-refractivity contribution >= 4 is 37.8 Å². The predicted octanol–water partition coefficient (Wildman–Crippen LogP) is 4.82. The molecule has 7 nitrogen and oxygen atoms in total. The molecule has 2 aromatic heterocycles. The van der Waals surface area contributed by atoms with Crippen molar-refractivity contribution in [1.29, 1.82) is 0 Å². The molecule has 1 aromatic carbocycles. The number of imidazole rings is 1. The number of hydrogen-bond donors (Lipinski definition) is 2. The first-order valence-electron chi connectivity index (χ1n) is 12.7. The van der Waals surface area contributed by atoms with Crippen molar-refractivity contribution in [2.24, 2.45) is 5.92 Å². The highest BCUT2D eigenvalue weighted by molar-refractivity contribution is 7.90. The average Bonchev–Trinajstić information content (AvgIpc) is 3.26. The monoisotopic (exact) mass is 503 g/mol. The Hall–Kier alpha value is -3.23. The first-order chi connectivity index (χ1) is 17.5. The van der Waals surface area contributed by atoms with Gasteiger partial charge in [0.05, 0.1) is 11.0 Å². The van der Waals surface area contributed by atoms with E-state index in [1.165, 1.54) is 0 Å². The fourth-order valence-corrected chi connectivity index (χ4v) is 6.66. The highest BCUT2D eigenvalue weighted by Gasteiger charge is 2.33. The third kappa shape index (κ3) is 4.75. The molecule has 2 heterocycles. The maximum atomic E-state index is 13.1. The minimum atomic E-state index is -3.48. The van der Waals surface area contributed by atoms with Gasteiger partial charge in [-0.3, -0.25) is 0 Å². The lowest BCUT2D eigenvalue weighted by molar-refractivity contribution is 0.548. The van der Waals surface area contributed by atoms with Crippen molar-refractivity contribution in [3.05, 3.63) is 78.2 Å². The zero-order valence-corrected chi connectivity index (χ0v) is 21.4. The standard InChI is InChI=1S/C28H33N5O2S/c1-2-3-17-25-32-26-27(22-14-6-7-15-23(22)31-28(26)29)33(25)19-9-8-18-30-36(34,35)24-16-10-12-20-11-4-5-13-21(20)24/h4-7,10-16,21,24,30H,2-3,8-9,17-19H2,1H3,(H2,29,31). The summed E-state index contributed by atoms with van der Waals surface area (Å²) in [4.78, 5) is 9.43. The highest BCUT2D eigenvalue weighted by Crippen LogP contribution is 2.31. The summed E-state index contributed by atoms with van der Waals surface area (Å²) in [6.07, 6.45) is 18.0.